The second-order valence-corrected chi connectivity index (χ2v) is 5.09. The van der Waals surface area contributed by atoms with Crippen LogP contribution in [0.15, 0.2) is 18.3 Å². The predicted molar refractivity (Wildman–Crippen MR) is 84.5 cm³/mol. The summed E-state index contributed by atoms with van der Waals surface area (Å²) in [7, 11) is 5.09. The molecule has 5 nitrogen and oxygen atoms in total. The summed E-state index contributed by atoms with van der Waals surface area (Å²) >= 11 is 6.21. The van der Waals surface area contributed by atoms with Gasteiger partial charge >= 0.3 is 0 Å². The monoisotopic (exact) mass is 309 g/mol. The fourth-order valence-corrected chi connectivity index (χ4v) is 2.52. The van der Waals surface area contributed by atoms with Crippen molar-refractivity contribution in [1.29, 1.82) is 0 Å². The van der Waals surface area contributed by atoms with E-state index in [2.05, 4.69) is 17.3 Å². The lowest BCUT2D eigenvalue weighted by Crippen LogP contribution is -2.02. The quantitative estimate of drug-likeness (QED) is 0.889. The maximum Gasteiger partial charge on any atom is 0.179 e. The first kappa shape index (κ1) is 15.5. The zero-order valence-electron chi connectivity index (χ0n) is 12.7. The number of aryl methyl sites for hydroxylation is 2. The molecule has 0 saturated carbocycles. The predicted octanol–water partition coefficient (Wildman–Crippen LogP) is 3.27. The molecular formula is C15H20ClN3O2. The molecular weight excluding hydrogens is 290 g/mol. The molecule has 0 unspecified atom stereocenters. The normalized spacial score (nSPS) is 10.5. The number of ether oxygens (including phenoxy) is 2. The van der Waals surface area contributed by atoms with Crippen LogP contribution in [0.5, 0.6) is 11.5 Å². The van der Waals surface area contributed by atoms with Crippen molar-refractivity contribution in [3.63, 3.8) is 0 Å². The Morgan fingerprint density at radius 3 is 2.67 bits per heavy atom. The first-order valence-corrected chi connectivity index (χ1v) is 7.13. The molecule has 0 spiro atoms. The Hall–Kier alpha value is -1.88. The maximum atomic E-state index is 6.21. The van der Waals surface area contributed by atoms with Crippen LogP contribution >= 0.6 is 11.6 Å². The zero-order valence-corrected chi connectivity index (χ0v) is 13.5. The van der Waals surface area contributed by atoms with Crippen molar-refractivity contribution in [1.82, 2.24) is 9.78 Å². The summed E-state index contributed by atoms with van der Waals surface area (Å²) in [5.74, 6) is 1.18. The van der Waals surface area contributed by atoms with Crippen LogP contribution in [0.2, 0.25) is 5.02 Å². The summed E-state index contributed by atoms with van der Waals surface area (Å²) in [6.07, 6.45) is 2.86. The largest absolute Gasteiger partial charge is 0.493 e. The molecule has 0 aliphatic rings. The van der Waals surface area contributed by atoms with Crippen LogP contribution in [0.4, 0.5) is 5.69 Å². The molecule has 1 N–H and O–H groups in total. The molecule has 0 saturated heterocycles. The summed E-state index contributed by atoms with van der Waals surface area (Å²) in [6, 6.07) is 3.79. The Labute approximate surface area is 129 Å². The van der Waals surface area contributed by atoms with Crippen molar-refractivity contribution in [2.24, 2.45) is 7.05 Å². The molecule has 0 amide bonds. The van der Waals surface area contributed by atoms with Gasteiger partial charge in [-0.1, -0.05) is 18.5 Å². The van der Waals surface area contributed by atoms with Crippen LogP contribution in [-0.2, 0) is 20.0 Å². The molecule has 114 valence electrons. The lowest BCUT2D eigenvalue weighted by molar-refractivity contribution is 0.355. The highest BCUT2D eigenvalue weighted by Crippen LogP contribution is 2.36. The topological polar surface area (TPSA) is 48.3 Å². The van der Waals surface area contributed by atoms with Crippen molar-refractivity contribution >= 4 is 17.3 Å². The molecule has 0 atom stereocenters. The van der Waals surface area contributed by atoms with E-state index >= 15 is 0 Å². The van der Waals surface area contributed by atoms with Gasteiger partial charge in [0.05, 0.1) is 30.6 Å². The number of aromatic nitrogens is 2. The van der Waals surface area contributed by atoms with Gasteiger partial charge in [-0.05, 0) is 24.1 Å². The Bertz CT molecular complexity index is 626. The van der Waals surface area contributed by atoms with E-state index in [0.29, 0.717) is 23.1 Å². The highest BCUT2D eigenvalue weighted by Gasteiger charge is 2.11. The van der Waals surface area contributed by atoms with Gasteiger partial charge < -0.3 is 14.8 Å². The fraction of sp³-hybridized carbons (Fsp3) is 0.400. The lowest BCUT2D eigenvalue weighted by Gasteiger charge is -2.12. The number of nitrogens with one attached hydrogen (secondary N) is 1. The summed E-state index contributed by atoms with van der Waals surface area (Å²) in [4.78, 5) is 0. The highest BCUT2D eigenvalue weighted by molar-refractivity contribution is 6.32. The number of anilines is 1. The van der Waals surface area contributed by atoms with Crippen LogP contribution in [0.1, 0.15) is 18.2 Å². The molecule has 0 aliphatic carbocycles. The number of nitrogens with zero attached hydrogens (tertiary/aromatic N) is 2. The summed E-state index contributed by atoms with van der Waals surface area (Å²) in [5.41, 5.74) is 3.10. The zero-order chi connectivity index (χ0) is 15.4. The lowest BCUT2D eigenvalue weighted by atomic mass is 10.2. The fourth-order valence-electron chi connectivity index (χ4n) is 2.21. The van der Waals surface area contributed by atoms with Gasteiger partial charge in [-0.2, -0.15) is 5.10 Å². The van der Waals surface area contributed by atoms with Crippen LogP contribution in [0.25, 0.3) is 0 Å². The summed E-state index contributed by atoms with van der Waals surface area (Å²) < 4.78 is 12.3. The molecule has 0 fully saturated rings. The molecule has 21 heavy (non-hydrogen) atoms. The number of benzene rings is 1. The van der Waals surface area contributed by atoms with E-state index in [4.69, 9.17) is 21.1 Å². The van der Waals surface area contributed by atoms with E-state index in [9.17, 15) is 0 Å². The third-order valence-corrected chi connectivity index (χ3v) is 3.50. The van der Waals surface area contributed by atoms with Gasteiger partial charge in [0.15, 0.2) is 11.5 Å². The van der Waals surface area contributed by atoms with E-state index in [1.165, 1.54) is 0 Å². The minimum atomic E-state index is 0.538. The average molecular weight is 310 g/mol. The summed E-state index contributed by atoms with van der Waals surface area (Å²) in [5, 5.41) is 8.32. The number of hydrogen-bond donors (Lipinski definition) is 1. The van der Waals surface area contributed by atoms with Crippen LogP contribution in [0, 0.1) is 0 Å². The third-order valence-electron chi connectivity index (χ3n) is 3.22. The van der Waals surface area contributed by atoms with E-state index in [1.54, 1.807) is 14.2 Å². The minimum Gasteiger partial charge on any atom is -0.493 e. The van der Waals surface area contributed by atoms with Crippen LogP contribution in [0.3, 0.4) is 0 Å². The molecule has 1 aromatic heterocycles. The maximum absolute atomic E-state index is 6.21. The number of methoxy groups -OCH3 is 2. The third kappa shape index (κ3) is 3.42. The molecule has 2 aromatic rings. The average Bonchev–Trinajstić information content (AvgIpc) is 2.84. The van der Waals surface area contributed by atoms with Gasteiger partial charge in [-0.3, -0.25) is 4.68 Å². The van der Waals surface area contributed by atoms with Gasteiger partial charge in [0.1, 0.15) is 0 Å². The van der Waals surface area contributed by atoms with Gasteiger partial charge in [-0.25, -0.2) is 0 Å². The summed E-state index contributed by atoms with van der Waals surface area (Å²) in [6.45, 7) is 2.72. The second-order valence-electron chi connectivity index (χ2n) is 4.68. The van der Waals surface area contributed by atoms with Gasteiger partial charge in [0, 0.05) is 19.8 Å². The highest BCUT2D eigenvalue weighted by atomic mass is 35.5. The standard InChI is InChI=1S/C15H20ClN3O2/c1-5-12-13(9-19(2)18-12)17-8-10-6-11(16)15(21-4)14(7-10)20-3/h6-7,9,17H,5,8H2,1-4H3. The molecule has 0 radical (unpaired) electrons. The molecule has 6 heteroatoms. The van der Waals surface area contributed by atoms with E-state index < -0.39 is 0 Å². The van der Waals surface area contributed by atoms with Crippen molar-refractivity contribution in [3.05, 3.63) is 34.6 Å². The smallest absolute Gasteiger partial charge is 0.179 e. The van der Waals surface area contributed by atoms with E-state index in [1.807, 2.05) is 30.1 Å². The Morgan fingerprint density at radius 2 is 2.05 bits per heavy atom. The van der Waals surface area contributed by atoms with Crippen LogP contribution in [-0.4, -0.2) is 24.0 Å². The minimum absolute atomic E-state index is 0.538. The van der Waals surface area contributed by atoms with Crippen LogP contribution < -0.4 is 14.8 Å². The first-order valence-electron chi connectivity index (χ1n) is 6.75. The van der Waals surface area contributed by atoms with Crippen molar-refractivity contribution < 1.29 is 9.47 Å². The van der Waals surface area contributed by atoms with E-state index in [0.717, 1.165) is 23.4 Å². The Kier molecular flexibility index (Phi) is 4.96. The first-order chi connectivity index (χ1) is 10.1. The van der Waals surface area contributed by atoms with E-state index in [-0.39, 0.29) is 0 Å². The molecule has 1 aromatic carbocycles. The van der Waals surface area contributed by atoms with Gasteiger partial charge in [-0.15, -0.1) is 0 Å². The van der Waals surface area contributed by atoms with Crippen molar-refractivity contribution in [2.75, 3.05) is 19.5 Å². The molecule has 0 bridgehead atoms. The molecule has 2 rings (SSSR count). The number of rotatable bonds is 6. The Balaban J connectivity index is 2.18. The van der Waals surface area contributed by atoms with Crippen molar-refractivity contribution in [3.8, 4) is 11.5 Å². The molecule has 0 aliphatic heterocycles. The van der Waals surface area contributed by atoms with Gasteiger partial charge in [0.25, 0.3) is 0 Å². The number of hydrogen-bond acceptors (Lipinski definition) is 4. The second kappa shape index (κ2) is 6.72. The van der Waals surface area contributed by atoms with Gasteiger partial charge in [0.2, 0.25) is 0 Å². The number of halogens is 1. The Morgan fingerprint density at radius 1 is 1.29 bits per heavy atom. The molecule has 1 heterocycles. The van der Waals surface area contributed by atoms with Crippen molar-refractivity contribution in [2.45, 2.75) is 19.9 Å². The SMILES string of the molecule is CCc1nn(C)cc1NCc1cc(Cl)c(OC)c(OC)c1.